The summed E-state index contributed by atoms with van der Waals surface area (Å²) in [5.41, 5.74) is 3.29. The molecule has 0 aromatic carbocycles. The third kappa shape index (κ3) is 5.53. The fraction of sp³-hybridized carbons (Fsp3) is 0.389. The molecule has 0 fully saturated rings. The summed E-state index contributed by atoms with van der Waals surface area (Å²) >= 11 is 0. The molecule has 0 bridgehead atoms. The second-order valence-corrected chi connectivity index (χ2v) is 6.73. The summed E-state index contributed by atoms with van der Waals surface area (Å²) < 4.78 is 7.01. The number of nitrogens with one attached hydrogen (secondary N) is 1. The zero-order valence-electron chi connectivity index (χ0n) is 14.7. The highest BCUT2D eigenvalue weighted by Gasteiger charge is 2.15. The van der Waals surface area contributed by atoms with Crippen LogP contribution in [0, 0.1) is 0 Å². The second-order valence-electron chi connectivity index (χ2n) is 6.73. The Morgan fingerprint density at radius 2 is 2.04 bits per heavy atom. The average Bonchev–Trinajstić information content (AvgIpc) is 2.91. The van der Waals surface area contributed by atoms with E-state index < -0.39 is 11.7 Å². The van der Waals surface area contributed by atoms with Gasteiger partial charge in [0, 0.05) is 24.5 Å². The van der Waals surface area contributed by atoms with Crippen LogP contribution in [0.5, 0.6) is 0 Å². The van der Waals surface area contributed by atoms with Crippen LogP contribution in [0.15, 0.2) is 37.3 Å². The summed E-state index contributed by atoms with van der Waals surface area (Å²) in [5.74, 6) is 0. The highest BCUT2D eigenvalue weighted by molar-refractivity contribution is 5.67. The van der Waals surface area contributed by atoms with Crippen molar-refractivity contribution in [3.05, 3.63) is 54.1 Å². The molecule has 0 unspecified atom stereocenters. The third-order valence-electron chi connectivity index (χ3n) is 3.13. The summed E-state index contributed by atoms with van der Waals surface area (Å²) in [6.45, 7) is 12.3. The van der Waals surface area contributed by atoms with Crippen molar-refractivity contribution in [2.24, 2.45) is 0 Å². The highest BCUT2D eigenvalue weighted by Crippen LogP contribution is 2.10. The lowest BCUT2D eigenvalue weighted by molar-refractivity contribution is 0.0523. The summed E-state index contributed by atoms with van der Waals surface area (Å²) in [7, 11) is 0. The fourth-order valence-electron chi connectivity index (χ4n) is 2.03. The first-order valence-electron chi connectivity index (χ1n) is 7.82. The molecule has 0 aliphatic heterocycles. The van der Waals surface area contributed by atoms with E-state index in [2.05, 4.69) is 22.0 Å². The van der Waals surface area contributed by atoms with Gasteiger partial charge in [-0.05, 0) is 44.9 Å². The molecule has 2 aromatic rings. The first-order chi connectivity index (χ1) is 11.2. The van der Waals surface area contributed by atoms with Crippen LogP contribution in [-0.4, -0.2) is 26.5 Å². The van der Waals surface area contributed by atoms with E-state index in [1.807, 2.05) is 56.9 Å². The molecule has 6 heteroatoms. The van der Waals surface area contributed by atoms with E-state index in [0.717, 1.165) is 22.4 Å². The maximum absolute atomic E-state index is 11.6. The van der Waals surface area contributed by atoms with Crippen molar-refractivity contribution < 1.29 is 9.53 Å². The minimum Gasteiger partial charge on any atom is -0.444 e. The van der Waals surface area contributed by atoms with Gasteiger partial charge in [-0.25, -0.2) is 4.79 Å². The van der Waals surface area contributed by atoms with Gasteiger partial charge in [-0.3, -0.25) is 9.67 Å². The zero-order chi connectivity index (χ0) is 17.7. The van der Waals surface area contributed by atoms with Crippen LogP contribution in [0.4, 0.5) is 4.79 Å². The summed E-state index contributed by atoms with van der Waals surface area (Å²) in [4.78, 5) is 16.0. The normalized spacial score (nSPS) is 11.2. The van der Waals surface area contributed by atoms with E-state index >= 15 is 0 Å². The third-order valence-corrected chi connectivity index (χ3v) is 3.13. The molecule has 0 atom stereocenters. The predicted molar refractivity (Wildman–Crippen MR) is 93.3 cm³/mol. The van der Waals surface area contributed by atoms with E-state index in [1.165, 1.54) is 0 Å². The molecular formula is C18H24N4O2. The first-order valence-corrected chi connectivity index (χ1v) is 7.82. The van der Waals surface area contributed by atoms with Crippen LogP contribution in [0.1, 0.15) is 44.5 Å². The van der Waals surface area contributed by atoms with Crippen LogP contribution in [0.25, 0.3) is 5.57 Å². The molecule has 0 radical (unpaired) electrons. The Labute approximate surface area is 142 Å². The van der Waals surface area contributed by atoms with Crippen molar-refractivity contribution in [2.75, 3.05) is 0 Å². The predicted octanol–water partition coefficient (Wildman–Crippen LogP) is 3.38. The molecule has 0 aliphatic rings. The number of pyridine rings is 1. The van der Waals surface area contributed by atoms with Gasteiger partial charge >= 0.3 is 6.09 Å². The molecule has 128 valence electrons. The molecular weight excluding hydrogens is 304 g/mol. The van der Waals surface area contributed by atoms with Crippen molar-refractivity contribution >= 4 is 11.7 Å². The lowest BCUT2D eigenvalue weighted by atomic mass is 10.2. The van der Waals surface area contributed by atoms with E-state index in [1.54, 1.807) is 6.20 Å². The Morgan fingerprint density at radius 3 is 2.62 bits per heavy atom. The Kier molecular flexibility index (Phi) is 5.39. The number of ether oxygens (including phenoxy) is 1. The minimum atomic E-state index is -0.503. The van der Waals surface area contributed by atoms with Crippen LogP contribution in [-0.2, 0) is 17.8 Å². The standard InChI is InChI=1S/C18H24N4O2/c1-13(2)16-7-6-14(8-19-16)11-22-12-15(10-21-22)9-20-17(23)24-18(3,4)5/h6-8,10,12H,1,9,11H2,2-5H3,(H,20,23). The largest absolute Gasteiger partial charge is 0.444 e. The first kappa shape index (κ1) is 17.7. The Balaban J connectivity index is 1.89. The smallest absolute Gasteiger partial charge is 0.407 e. The molecule has 0 saturated heterocycles. The van der Waals surface area contributed by atoms with Gasteiger partial charge < -0.3 is 10.1 Å². The van der Waals surface area contributed by atoms with Crippen molar-refractivity contribution in [3.8, 4) is 0 Å². The summed E-state index contributed by atoms with van der Waals surface area (Å²) in [6.07, 6.45) is 5.01. The Hall–Kier alpha value is -2.63. The number of allylic oxidation sites excluding steroid dienone is 1. The molecule has 2 heterocycles. The number of carbonyl (C=O) groups excluding carboxylic acids is 1. The maximum Gasteiger partial charge on any atom is 0.407 e. The van der Waals surface area contributed by atoms with Gasteiger partial charge in [-0.15, -0.1) is 0 Å². The van der Waals surface area contributed by atoms with Gasteiger partial charge in [0.1, 0.15) is 5.60 Å². The lowest BCUT2D eigenvalue weighted by Crippen LogP contribution is -2.32. The van der Waals surface area contributed by atoms with E-state index in [4.69, 9.17) is 4.74 Å². The molecule has 1 N–H and O–H groups in total. The topological polar surface area (TPSA) is 69.0 Å². The van der Waals surface area contributed by atoms with Crippen molar-refractivity contribution in [2.45, 2.75) is 46.4 Å². The number of aromatic nitrogens is 3. The van der Waals surface area contributed by atoms with E-state index in [9.17, 15) is 4.79 Å². The van der Waals surface area contributed by atoms with Crippen molar-refractivity contribution in [3.63, 3.8) is 0 Å². The van der Waals surface area contributed by atoms with Gasteiger partial charge in [0.15, 0.2) is 0 Å². The molecule has 0 saturated carbocycles. The molecule has 0 spiro atoms. The van der Waals surface area contributed by atoms with Gasteiger partial charge in [0.25, 0.3) is 0 Å². The zero-order valence-corrected chi connectivity index (χ0v) is 14.7. The SMILES string of the molecule is C=C(C)c1ccc(Cn2cc(CNC(=O)OC(C)(C)C)cn2)cn1. The van der Waals surface area contributed by atoms with Gasteiger partial charge in [-0.2, -0.15) is 5.10 Å². The molecule has 6 nitrogen and oxygen atoms in total. The van der Waals surface area contributed by atoms with Crippen molar-refractivity contribution in [1.82, 2.24) is 20.1 Å². The Bertz CT molecular complexity index is 711. The van der Waals surface area contributed by atoms with E-state index in [0.29, 0.717) is 13.1 Å². The Morgan fingerprint density at radius 1 is 1.29 bits per heavy atom. The number of alkyl carbamates (subject to hydrolysis) is 1. The number of hydrogen-bond acceptors (Lipinski definition) is 4. The molecule has 24 heavy (non-hydrogen) atoms. The molecule has 2 rings (SSSR count). The van der Waals surface area contributed by atoms with Crippen LogP contribution in [0.2, 0.25) is 0 Å². The number of hydrogen-bond donors (Lipinski definition) is 1. The monoisotopic (exact) mass is 328 g/mol. The summed E-state index contributed by atoms with van der Waals surface area (Å²) in [5, 5.41) is 7.02. The second kappa shape index (κ2) is 7.29. The number of rotatable bonds is 5. The molecule has 2 aromatic heterocycles. The fourth-order valence-corrected chi connectivity index (χ4v) is 2.03. The van der Waals surface area contributed by atoms with Crippen LogP contribution < -0.4 is 5.32 Å². The molecule has 1 amide bonds. The van der Waals surface area contributed by atoms with E-state index in [-0.39, 0.29) is 0 Å². The van der Waals surface area contributed by atoms with Gasteiger partial charge in [-0.1, -0.05) is 12.6 Å². The minimum absolute atomic E-state index is 0.377. The quantitative estimate of drug-likeness (QED) is 0.913. The van der Waals surface area contributed by atoms with Crippen LogP contribution >= 0.6 is 0 Å². The number of amides is 1. The average molecular weight is 328 g/mol. The van der Waals surface area contributed by atoms with Crippen LogP contribution in [0.3, 0.4) is 0 Å². The highest BCUT2D eigenvalue weighted by atomic mass is 16.6. The molecule has 0 aliphatic carbocycles. The number of carbonyl (C=O) groups is 1. The van der Waals surface area contributed by atoms with Crippen molar-refractivity contribution in [1.29, 1.82) is 0 Å². The number of nitrogens with zero attached hydrogens (tertiary/aromatic N) is 3. The maximum atomic E-state index is 11.6. The van der Waals surface area contributed by atoms with Gasteiger partial charge in [0.2, 0.25) is 0 Å². The summed E-state index contributed by atoms with van der Waals surface area (Å²) in [6, 6.07) is 3.96. The van der Waals surface area contributed by atoms with Gasteiger partial charge in [0.05, 0.1) is 18.4 Å². The lowest BCUT2D eigenvalue weighted by Gasteiger charge is -2.19.